The van der Waals surface area contributed by atoms with Crippen LogP contribution in [0.3, 0.4) is 0 Å². The molecule has 2 atom stereocenters. The molecule has 0 fully saturated rings. The lowest BCUT2D eigenvalue weighted by molar-refractivity contribution is 0.607. The Bertz CT molecular complexity index is 1160. The molecule has 0 bridgehead atoms. The number of hydrogen-bond donors (Lipinski definition) is 0. The Balaban J connectivity index is 1.42. The first-order valence-corrected chi connectivity index (χ1v) is 11.1. The molecule has 0 amide bonds. The van der Waals surface area contributed by atoms with E-state index >= 15 is 0 Å². The zero-order chi connectivity index (χ0) is 21.9. The fourth-order valence-corrected chi connectivity index (χ4v) is 4.38. The summed E-state index contributed by atoms with van der Waals surface area (Å²) in [6.07, 6.45) is 1.96. The van der Waals surface area contributed by atoms with E-state index in [1.807, 2.05) is 18.3 Å². The molecule has 0 N–H and O–H groups in total. The van der Waals surface area contributed by atoms with E-state index in [9.17, 15) is 0 Å². The summed E-state index contributed by atoms with van der Waals surface area (Å²) in [5.74, 6) is 0.469. The predicted molar refractivity (Wildman–Crippen MR) is 136 cm³/mol. The Morgan fingerprint density at radius 1 is 0.656 bits per heavy atom. The SMILES string of the molecule is CC1c2ccccc2N(/N=C\c2ccc(N(c3ccccc3)c3ccccc3)cc2)C1C. The van der Waals surface area contributed by atoms with E-state index < -0.39 is 0 Å². The molecule has 0 saturated carbocycles. The van der Waals surface area contributed by atoms with E-state index in [2.05, 4.69) is 121 Å². The minimum atomic E-state index is 0.342. The summed E-state index contributed by atoms with van der Waals surface area (Å²) in [7, 11) is 0. The molecule has 2 unspecified atom stereocenters. The molecule has 4 aromatic rings. The third kappa shape index (κ3) is 3.78. The average Bonchev–Trinajstić information content (AvgIpc) is 3.10. The third-order valence-electron chi connectivity index (χ3n) is 6.29. The van der Waals surface area contributed by atoms with Crippen molar-refractivity contribution in [1.82, 2.24) is 0 Å². The molecule has 0 radical (unpaired) electrons. The van der Waals surface area contributed by atoms with E-state index in [1.165, 1.54) is 11.3 Å². The number of hydrogen-bond acceptors (Lipinski definition) is 3. The first-order valence-electron chi connectivity index (χ1n) is 11.1. The molecule has 3 nitrogen and oxygen atoms in total. The van der Waals surface area contributed by atoms with Gasteiger partial charge in [-0.3, -0.25) is 5.01 Å². The first kappa shape index (κ1) is 20.1. The van der Waals surface area contributed by atoms with Gasteiger partial charge < -0.3 is 4.90 Å². The molecule has 1 heterocycles. The van der Waals surface area contributed by atoms with Crippen LogP contribution in [0.2, 0.25) is 0 Å². The lowest BCUT2D eigenvalue weighted by atomic mass is 9.99. The van der Waals surface area contributed by atoms with Gasteiger partial charge in [-0.2, -0.15) is 5.10 Å². The molecular formula is C29H27N3. The van der Waals surface area contributed by atoms with Crippen molar-refractivity contribution in [2.24, 2.45) is 5.10 Å². The number of para-hydroxylation sites is 3. The zero-order valence-corrected chi connectivity index (χ0v) is 18.5. The van der Waals surface area contributed by atoms with E-state index in [4.69, 9.17) is 5.10 Å². The van der Waals surface area contributed by atoms with Crippen molar-refractivity contribution in [3.05, 3.63) is 120 Å². The number of rotatable bonds is 5. The van der Waals surface area contributed by atoms with Crippen molar-refractivity contribution in [1.29, 1.82) is 0 Å². The summed E-state index contributed by atoms with van der Waals surface area (Å²) in [5, 5.41) is 7.00. The number of anilines is 4. The van der Waals surface area contributed by atoms with Gasteiger partial charge in [-0.1, -0.05) is 73.7 Å². The Morgan fingerprint density at radius 2 is 1.19 bits per heavy atom. The largest absolute Gasteiger partial charge is 0.311 e. The van der Waals surface area contributed by atoms with Crippen LogP contribution in [0, 0.1) is 0 Å². The van der Waals surface area contributed by atoms with Crippen LogP contribution < -0.4 is 9.91 Å². The maximum absolute atomic E-state index is 4.85. The van der Waals surface area contributed by atoms with E-state index in [0.29, 0.717) is 12.0 Å². The molecule has 4 aromatic carbocycles. The first-order chi connectivity index (χ1) is 15.7. The Morgan fingerprint density at radius 3 is 1.81 bits per heavy atom. The third-order valence-corrected chi connectivity index (χ3v) is 6.29. The summed E-state index contributed by atoms with van der Waals surface area (Å²) in [4.78, 5) is 2.27. The van der Waals surface area contributed by atoms with Gasteiger partial charge in [0.2, 0.25) is 0 Å². The molecule has 0 aromatic heterocycles. The zero-order valence-electron chi connectivity index (χ0n) is 18.5. The summed E-state index contributed by atoms with van der Waals surface area (Å²) >= 11 is 0. The molecule has 32 heavy (non-hydrogen) atoms. The molecule has 0 aliphatic carbocycles. The van der Waals surface area contributed by atoms with Gasteiger partial charge in [0.1, 0.15) is 0 Å². The fraction of sp³-hybridized carbons (Fsp3) is 0.138. The second-order valence-electron chi connectivity index (χ2n) is 8.28. The highest BCUT2D eigenvalue weighted by atomic mass is 15.5. The van der Waals surface area contributed by atoms with Gasteiger partial charge >= 0.3 is 0 Å². The summed E-state index contributed by atoms with van der Waals surface area (Å²) in [6.45, 7) is 4.51. The van der Waals surface area contributed by atoms with Crippen LogP contribution in [-0.4, -0.2) is 12.3 Å². The van der Waals surface area contributed by atoms with Crippen molar-refractivity contribution in [2.45, 2.75) is 25.8 Å². The molecular weight excluding hydrogens is 390 g/mol. The van der Waals surface area contributed by atoms with Crippen molar-refractivity contribution in [2.75, 3.05) is 9.91 Å². The van der Waals surface area contributed by atoms with Crippen molar-refractivity contribution in [3.8, 4) is 0 Å². The standard InChI is InChI=1S/C29H27N3/c1-22-23(2)32(29-16-10-9-15-28(22)29)30-21-24-17-19-27(20-18-24)31(25-11-5-3-6-12-25)26-13-7-4-8-14-26/h3-23H,1-2H3/b30-21-. The number of hydrazone groups is 1. The molecule has 158 valence electrons. The van der Waals surface area contributed by atoms with Crippen LogP contribution in [0.4, 0.5) is 22.7 Å². The van der Waals surface area contributed by atoms with E-state index in [1.54, 1.807) is 0 Å². The van der Waals surface area contributed by atoms with Crippen molar-refractivity contribution >= 4 is 29.0 Å². The normalized spacial score (nSPS) is 17.5. The van der Waals surface area contributed by atoms with Crippen LogP contribution in [-0.2, 0) is 0 Å². The van der Waals surface area contributed by atoms with Gasteiger partial charge in [-0.25, -0.2) is 0 Å². The van der Waals surface area contributed by atoms with Crippen LogP contribution in [0.15, 0.2) is 114 Å². The molecule has 0 saturated heterocycles. The van der Waals surface area contributed by atoms with Crippen LogP contribution >= 0.6 is 0 Å². The minimum absolute atomic E-state index is 0.342. The summed E-state index contributed by atoms with van der Waals surface area (Å²) < 4.78 is 0. The topological polar surface area (TPSA) is 18.8 Å². The quantitative estimate of drug-likeness (QED) is 0.313. The van der Waals surface area contributed by atoms with Gasteiger partial charge in [-0.05, 0) is 60.5 Å². The lowest BCUT2D eigenvalue weighted by Gasteiger charge is -2.25. The Kier molecular flexibility index (Phi) is 5.47. The van der Waals surface area contributed by atoms with Crippen molar-refractivity contribution in [3.63, 3.8) is 0 Å². The summed E-state index contributed by atoms with van der Waals surface area (Å²) in [5.41, 5.74) is 7.05. The highest BCUT2D eigenvalue weighted by Crippen LogP contribution is 2.40. The molecule has 3 heteroatoms. The second kappa shape index (κ2) is 8.72. The molecule has 0 spiro atoms. The predicted octanol–water partition coefficient (Wildman–Crippen LogP) is 7.50. The Labute approximate surface area is 190 Å². The number of fused-ring (bicyclic) bond motifs is 1. The average molecular weight is 418 g/mol. The van der Waals surface area contributed by atoms with Crippen LogP contribution in [0.5, 0.6) is 0 Å². The smallest absolute Gasteiger partial charge is 0.0632 e. The highest BCUT2D eigenvalue weighted by molar-refractivity contribution is 5.83. The van der Waals surface area contributed by atoms with Crippen molar-refractivity contribution < 1.29 is 0 Å². The molecule has 5 rings (SSSR count). The maximum atomic E-state index is 4.85. The van der Waals surface area contributed by atoms with Gasteiger partial charge in [-0.15, -0.1) is 0 Å². The van der Waals surface area contributed by atoms with Crippen LogP contribution in [0.25, 0.3) is 0 Å². The van der Waals surface area contributed by atoms with Gasteiger partial charge in [0, 0.05) is 23.0 Å². The number of nitrogens with zero attached hydrogens (tertiary/aromatic N) is 3. The van der Waals surface area contributed by atoms with E-state index in [-0.39, 0.29) is 0 Å². The molecule has 1 aliphatic heterocycles. The fourth-order valence-electron chi connectivity index (χ4n) is 4.38. The second-order valence-corrected chi connectivity index (χ2v) is 8.28. The highest BCUT2D eigenvalue weighted by Gasteiger charge is 2.32. The lowest BCUT2D eigenvalue weighted by Crippen LogP contribution is -2.25. The van der Waals surface area contributed by atoms with Gasteiger partial charge in [0.05, 0.1) is 17.9 Å². The molecule has 1 aliphatic rings. The minimum Gasteiger partial charge on any atom is -0.311 e. The Hall–Kier alpha value is -3.85. The maximum Gasteiger partial charge on any atom is 0.0632 e. The summed E-state index contributed by atoms with van der Waals surface area (Å²) in [6, 6.07) is 38.4. The number of benzene rings is 4. The van der Waals surface area contributed by atoms with Gasteiger partial charge in [0.25, 0.3) is 0 Å². The van der Waals surface area contributed by atoms with Gasteiger partial charge in [0.15, 0.2) is 0 Å². The van der Waals surface area contributed by atoms with Crippen LogP contribution in [0.1, 0.15) is 30.9 Å². The van der Waals surface area contributed by atoms with E-state index in [0.717, 1.165) is 22.6 Å². The monoisotopic (exact) mass is 417 g/mol.